The summed E-state index contributed by atoms with van der Waals surface area (Å²) in [6.45, 7) is 3.91. The first-order chi connectivity index (χ1) is 11.1. The summed E-state index contributed by atoms with van der Waals surface area (Å²) in [4.78, 5) is 4.64. The van der Waals surface area contributed by atoms with Gasteiger partial charge in [-0.15, -0.1) is 0 Å². The maximum Gasteiger partial charge on any atom is 0.226 e. The molecule has 0 fully saturated rings. The van der Waals surface area contributed by atoms with Gasteiger partial charge in [0.25, 0.3) is 0 Å². The molecule has 0 spiro atoms. The van der Waals surface area contributed by atoms with Crippen LogP contribution >= 0.6 is 0 Å². The van der Waals surface area contributed by atoms with Crippen LogP contribution in [0.1, 0.15) is 11.3 Å². The molecule has 2 aromatic heterocycles. The molecule has 4 nitrogen and oxygen atoms in total. The molecule has 4 rings (SSSR count). The highest BCUT2D eigenvalue weighted by atomic mass is 16.4. The third-order valence-electron chi connectivity index (χ3n) is 3.99. The van der Waals surface area contributed by atoms with Crippen molar-refractivity contribution in [2.24, 2.45) is 0 Å². The van der Waals surface area contributed by atoms with Crippen molar-refractivity contribution in [2.45, 2.75) is 13.8 Å². The molecule has 0 aliphatic heterocycles. The molecular weight excluding hydrogens is 288 g/mol. The summed E-state index contributed by atoms with van der Waals surface area (Å²) in [5.41, 5.74) is 10.1. The Morgan fingerprint density at radius 1 is 0.957 bits per heavy atom. The number of nitrogens with zero attached hydrogens (tertiary/aromatic N) is 1. The molecule has 23 heavy (non-hydrogen) atoms. The second-order valence-corrected chi connectivity index (χ2v) is 5.60. The van der Waals surface area contributed by atoms with Crippen molar-refractivity contribution < 1.29 is 8.83 Å². The first kappa shape index (κ1) is 13.6. The Morgan fingerprint density at radius 2 is 1.74 bits per heavy atom. The van der Waals surface area contributed by atoms with Crippen LogP contribution in [0.5, 0.6) is 0 Å². The number of hydrogen-bond acceptors (Lipinski definition) is 4. The van der Waals surface area contributed by atoms with Crippen molar-refractivity contribution in [3.05, 3.63) is 59.9 Å². The summed E-state index contributed by atoms with van der Waals surface area (Å²) in [6, 6.07) is 15.5. The first-order valence-corrected chi connectivity index (χ1v) is 7.45. The van der Waals surface area contributed by atoms with Crippen molar-refractivity contribution in [1.82, 2.24) is 4.98 Å². The van der Waals surface area contributed by atoms with E-state index in [4.69, 9.17) is 14.6 Å². The highest BCUT2D eigenvalue weighted by molar-refractivity contribution is 5.89. The van der Waals surface area contributed by atoms with E-state index in [0.29, 0.717) is 5.89 Å². The number of oxazole rings is 1. The highest BCUT2D eigenvalue weighted by Crippen LogP contribution is 2.36. The summed E-state index contributed by atoms with van der Waals surface area (Å²) < 4.78 is 11.8. The number of nitrogens with two attached hydrogens (primary N) is 1. The van der Waals surface area contributed by atoms with E-state index in [9.17, 15) is 0 Å². The number of fused-ring (bicyclic) bond motifs is 1. The maximum atomic E-state index is 5.99. The molecule has 0 saturated heterocycles. The lowest BCUT2D eigenvalue weighted by Gasteiger charge is -1.94. The number of furan rings is 1. The zero-order valence-corrected chi connectivity index (χ0v) is 13.0. The largest absolute Gasteiger partial charge is 0.454 e. The number of hydrogen-bond donors (Lipinski definition) is 1. The van der Waals surface area contributed by atoms with Gasteiger partial charge in [0.15, 0.2) is 5.76 Å². The fourth-order valence-electron chi connectivity index (χ4n) is 2.78. The fraction of sp³-hybridized carbons (Fsp3) is 0.105. The topological polar surface area (TPSA) is 65.2 Å². The van der Waals surface area contributed by atoms with Gasteiger partial charge in [0.1, 0.15) is 17.0 Å². The van der Waals surface area contributed by atoms with E-state index in [1.807, 2.05) is 62.4 Å². The zero-order valence-electron chi connectivity index (χ0n) is 13.0. The summed E-state index contributed by atoms with van der Waals surface area (Å²) in [5.74, 6) is 2.06. The standard InChI is InChI=1S/C19H16N2O2/c1-11-15-10-14(20)8-9-16(15)23-18(11)17-12(2)22-19(21-17)13-6-4-3-5-7-13/h3-10H,20H2,1-2H3. The number of aryl methyl sites for hydroxylation is 2. The van der Waals surface area contributed by atoms with Gasteiger partial charge in [-0.1, -0.05) is 18.2 Å². The molecule has 114 valence electrons. The Hall–Kier alpha value is -3.01. The molecule has 0 amide bonds. The van der Waals surface area contributed by atoms with E-state index in [0.717, 1.165) is 45.0 Å². The smallest absolute Gasteiger partial charge is 0.226 e. The SMILES string of the molecule is Cc1oc(-c2ccccc2)nc1-c1oc2ccc(N)cc2c1C. The Labute approximate surface area is 133 Å². The Balaban J connectivity index is 1.88. The number of nitrogen functional groups attached to an aromatic ring is 1. The van der Waals surface area contributed by atoms with Gasteiger partial charge in [0, 0.05) is 22.2 Å². The Kier molecular flexibility index (Phi) is 2.98. The van der Waals surface area contributed by atoms with E-state index in [1.54, 1.807) is 0 Å². The third-order valence-corrected chi connectivity index (χ3v) is 3.99. The van der Waals surface area contributed by atoms with Crippen molar-refractivity contribution in [1.29, 1.82) is 0 Å². The number of anilines is 1. The lowest BCUT2D eigenvalue weighted by Crippen LogP contribution is -1.83. The summed E-state index contributed by atoms with van der Waals surface area (Å²) >= 11 is 0. The van der Waals surface area contributed by atoms with Gasteiger partial charge >= 0.3 is 0 Å². The van der Waals surface area contributed by atoms with E-state index in [2.05, 4.69) is 4.98 Å². The van der Waals surface area contributed by atoms with Crippen molar-refractivity contribution >= 4 is 16.7 Å². The van der Waals surface area contributed by atoms with Crippen molar-refractivity contribution in [3.63, 3.8) is 0 Å². The van der Waals surface area contributed by atoms with Gasteiger partial charge in [-0.2, -0.15) is 0 Å². The fourth-order valence-corrected chi connectivity index (χ4v) is 2.78. The molecule has 2 aromatic carbocycles. The molecular formula is C19H16N2O2. The van der Waals surface area contributed by atoms with Gasteiger partial charge < -0.3 is 14.6 Å². The molecule has 2 heterocycles. The van der Waals surface area contributed by atoms with Gasteiger partial charge in [-0.05, 0) is 44.2 Å². The number of benzene rings is 2. The summed E-state index contributed by atoms with van der Waals surface area (Å²) in [6.07, 6.45) is 0. The zero-order chi connectivity index (χ0) is 16.0. The van der Waals surface area contributed by atoms with Crippen molar-refractivity contribution in [3.8, 4) is 22.9 Å². The van der Waals surface area contributed by atoms with Gasteiger partial charge in [-0.3, -0.25) is 0 Å². The highest BCUT2D eigenvalue weighted by Gasteiger charge is 2.20. The number of aromatic nitrogens is 1. The normalized spacial score (nSPS) is 11.2. The minimum atomic E-state index is 0.595. The average Bonchev–Trinajstić information content (AvgIpc) is 3.09. The lowest BCUT2D eigenvalue weighted by molar-refractivity contribution is 0.541. The second-order valence-electron chi connectivity index (χ2n) is 5.60. The van der Waals surface area contributed by atoms with Crippen LogP contribution in [0.2, 0.25) is 0 Å². The molecule has 0 radical (unpaired) electrons. The van der Waals surface area contributed by atoms with Crippen LogP contribution in [-0.4, -0.2) is 4.98 Å². The molecule has 4 heteroatoms. The van der Waals surface area contributed by atoms with Gasteiger partial charge in [-0.25, -0.2) is 4.98 Å². The predicted molar refractivity (Wildman–Crippen MR) is 91.0 cm³/mol. The van der Waals surface area contributed by atoms with E-state index in [1.165, 1.54) is 0 Å². The monoisotopic (exact) mass is 304 g/mol. The third kappa shape index (κ3) is 2.19. The molecule has 0 aliphatic carbocycles. The maximum absolute atomic E-state index is 5.99. The molecule has 2 N–H and O–H groups in total. The van der Waals surface area contributed by atoms with E-state index in [-0.39, 0.29) is 0 Å². The Morgan fingerprint density at radius 3 is 2.52 bits per heavy atom. The predicted octanol–water partition coefficient (Wildman–Crippen LogP) is 4.95. The molecule has 0 saturated carbocycles. The lowest BCUT2D eigenvalue weighted by atomic mass is 10.1. The van der Waals surface area contributed by atoms with Crippen LogP contribution in [-0.2, 0) is 0 Å². The summed E-state index contributed by atoms with van der Waals surface area (Å²) in [5, 5.41) is 1.00. The molecule has 0 bridgehead atoms. The molecule has 0 aliphatic rings. The van der Waals surface area contributed by atoms with Crippen LogP contribution < -0.4 is 5.73 Å². The molecule has 0 unspecified atom stereocenters. The van der Waals surface area contributed by atoms with Crippen molar-refractivity contribution in [2.75, 3.05) is 5.73 Å². The van der Waals surface area contributed by atoms with Gasteiger partial charge in [0.2, 0.25) is 5.89 Å². The van der Waals surface area contributed by atoms with Crippen LogP contribution in [0.15, 0.2) is 57.4 Å². The van der Waals surface area contributed by atoms with Crippen LogP contribution in [0.4, 0.5) is 5.69 Å². The van der Waals surface area contributed by atoms with Crippen LogP contribution in [0, 0.1) is 13.8 Å². The minimum absolute atomic E-state index is 0.595. The Bertz CT molecular complexity index is 997. The summed E-state index contributed by atoms with van der Waals surface area (Å²) in [7, 11) is 0. The molecule has 4 aromatic rings. The molecule has 0 atom stereocenters. The first-order valence-electron chi connectivity index (χ1n) is 7.45. The van der Waals surface area contributed by atoms with E-state index >= 15 is 0 Å². The van der Waals surface area contributed by atoms with Gasteiger partial charge in [0.05, 0.1) is 0 Å². The number of rotatable bonds is 2. The average molecular weight is 304 g/mol. The van der Waals surface area contributed by atoms with Crippen LogP contribution in [0.3, 0.4) is 0 Å². The second kappa shape index (κ2) is 5.02. The quantitative estimate of drug-likeness (QED) is 0.532. The van der Waals surface area contributed by atoms with Crippen LogP contribution in [0.25, 0.3) is 33.9 Å². The van der Waals surface area contributed by atoms with E-state index < -0.39 is 0 Å². The minimum Gasteiger partial charge on any atom is -0.454 e.